The smallest absolute Gasteiger partial charge is 0.267 e. The summed E-state index contributed by atoms with van der Waals surface area (Å²) in [7, 11) is -2.19. The van der Waals surface area contributed by atoms with Crippen LogP contribution in [0.5, 0.6) is 0 Å². The molecule has 104 valence electrons. The highest BCUT2D eigenvalue weighted by Gasteiger charge is 2.21. The van der Waals surface area contributed by atoms with Crippen molar-refractivity contribution in [2.75, 3.05) is 10.5 Å². The van der Waals surface area contributed by atoms with Gasteiger partial charge in [0, 0.05) is 18.6 Å². The minimum absolute atomic E-state index is 0.0423. The van der Waals surface area contributed by atoms with Crippen molar-refractivity contribution in [3.63, 3.8) is 0 Å². The zero-order valence-corrected chi connectivity index (χ0v) is 11.3. The monoisotopic (exact) mass is 292 g/mol. The predicted octanol–water partition coefficient (Wildman–Crippen LogP) is 0.679. The molecular formula is C11H12N6O2S. The first kappa shape index (κ1) is 12.5. The summed E-state index contributed by atoms with van der Waals surface area (Å²) in [4.78, 5) is -0.0551. The summed E-state index contributed by atoms with van der Waals surface area (Å²) in [5.74, 6) is -0.0423. The lowest BCUT2D eigenvalue weighted by molar-refractivity contribution is 0.601. The molecule has 0 atom stereocenters. The Kier molecular flexibility index (Phi) is 2.64. The second-order valence-electron chi connectivity index (χ2n) is 4.29. The molecule has 0 aliphatic rings. The van der Waals surface area contributed by atoms with Crippen molar-refractivity contribution in [3.05, 3.63) is 30.6 Å². The second-order valence-corrected chi connectivity index (χ2v) is 5.95. The number of fused-ring (bicyclic) bond motifs is 1. The molecule has 9 heteroatoms. The average molecular weight is 292 g/mol. The molecule has 0 unspecified atom stereocenters. The van der Waals surface area contributed by atoms with Gasteiger partial charge in [0.15, 0.2) is 5.82 Å². The van der Waals surface area contributed by atoms with Gasteiger partial charge in [-0.2, -0.15) is 10.2 Å². The van der Waals surface area contributed by atoms with Gasteiger partial charge in [0.1, 0.15) is 4.90 Å². The van der Waals surface area contributed by atoms with Crippen molar-refractivity contribution in [2.24, 2.45) is 7.05 Å². The second kappa shape index (κ2) is 4.23. The van der Waals surface area contributed by atoms with E-state index in [1.54, 1.807) is 31.4 Å². The lowest BCUT2D eigenvalue weighted by Gasteiger charge is -2.07. The fraction of sp³-hybridized carbons (Fsp3) is 0.0909. The molecule has 4 N–H and O–H groups in total. The first-order valence-electron chi connectivity index (χ1n) is 5.71. The number of anilines is 2. The highest BCUT2D eigenvalue weighted by molar-refractivity contribution is 7.92. The number of aryl methyl sites for hydroxylation is 1. The zero-order valence-electron chi connectivity index (χ0n) is 10.5. The molecule has 3 aromatic rings. The number of nitrogens with zero attached hydrogens (tertiary/aromatic N) is 3. The summed E-state index contributed by atoms with van der Waals surface area (Å²) in [6.45, 7) is 0. The first-order chi connectivity index (χ1) is 9.47. The zero-order chi connectivity index (χ0) is 14.3. The van der Waals surface area contributed by atoms with Crippen molar-refractivity contribution in [2.45, 2.75) is 4.90 Å². The number of sulfonamides is 1. The molecule has 20 heavy (non-hydrogen) atoms. The standard InChI is InChI=1S/C11H12N6O2S/c1-17-6-10(11(12)15-17)20(18,19)16-9-4-2-3-8-7(9)5-13-14-8/h2-6,16H,1H3,(H2,12,15)(H,13,14). The summed E-state index contributed by atoms with van der Waals surface area (Å²) in [6.07, 6.45) is 2.91. The van der Waals surface area contributed by atoms with Crippen LogP contribution in [-0.2, 0) is 17.1 Å². The van der Waals surface area contributed by atoms with Crippen LogP contribution < -0.4 is 10.5 Å². The van der Waals surface area contributed by atoms with E-state index in [-0.39, 0.29) is 10.7 Å². The topological polar surface area (TPSA) is 119 Å². The summed E-state index contributed by atoms with van der Waals surface area (Å²) in [6, 6.07) is 5.19. The quantitative estimate of drug-likeness (QED) is 0.656. The molecule has 0 amide bonds. The van der Waals surface area contributed by atoms with E-state index in [1.165, 1.54) is 10.9 Å². The number of benzene rings is 1. The van der Waals surface area contributed by atoms with Crippen molar-refractivity contribution < 1.29 is 8.42 Å². The van der Waals surface area contributed by atoms with E-state index in [0.29, 0.717) is 11.1 Å². The maximum Gasteiger partial charge on any atom is 0.267 e. The normalized spacial score (nSPS) is 11.8. The van der Waals surface area contributed by atoms with Crippen molar-refractivity contribution in [1.29, 1.82) is 0 Å². The van der Waals surface area contributed by atoms with Gasteiger partial charge in [0.2, 0.25) is 0 Å². The van der Waals surface area contributed by atoms with Crippen molar-refractivity contribution >= 4 is 32.4 Å². The van der Waals surface area contributed by atoms with Crippen LogP contribution in [0.4, 0.5) is 11.5 Å². The lowest BCUT2D eigenvalue weighted by Crippen LogP contribution is -2.14. The molecule has 0 aliphatic carbocycles. The molecule has 0 radical (unpaired) electrons. The largest absolute Gasteiger partial charge is 0.381 e. The summed E-state index contributed by atoms with van der Waals surface area (Å²) >= 11 is 0. The SMILES string of the molecule is Cn1cc(S(=O)(=O)Nc2cccc3[nH]ncc23)c(N)n1. The Hall–Kier alpha value is -2.55. The van der Waals surface area contributed by atoms with E-state index in [4.69, 9.17) is 5.73 Å². The van der Waals surface area contributed by atoms with E-state index in [1.807, 2.05) is 0 Å². The Morgan fingerprint density at radius 3 is 2.90 bits per heavy atom. The Morgan fingerprint density at radius 1 is 1.40 bits per heavy atom. The van der Waals surface area contributed by atoms with Gasteiger partial charge < -0.3 is 5.73 Å². The minimum Gasteiger partial charge on any atom is -0.381 e. The fourth-order valence-corrected chi connectivity index (χ4v) is 3.13. The molecule has 0 bridgehead atoms. The number of nitrogens with one attached hydrogen (secondary N) is 2. The highest BCUT2D eigenvalue weighted by Crippen LogP contribution is 2.25. The molecule has 0 aliphatic heterocycles. The van der Waals surface area contributed by atoms with Gasteiger partial charge in [0.05, 0.1) is 17.4 Å². The number of H-pyrrole nitrogens is 1. The Labute approximate surface area is 114 Å². The number of aromatic amines is 1. The molecule has 3 rings (SSSR count). The van der Waals surface area contributed by atoms with Crippen LogP contribution in [0.2, 0.25) is 0 Å². The number of rotatable bonds is 3. The van der Waals surface area contributed by atoms with Crippen LogP contribution in [0.15, 0.2) is 35.5 Å². The number of aromatic nitrogens is 4. The maximum atomic E-state index is 12.3. The molecule has 0 saturated carbocycles. The van der Waals surface area contributed by atoms with Gasteiger partial charge >= 0.3 is 0 Å². The van der Waals surface area contributed by atoms with Crippen molar-refractivity contribution in [1.82, 2.24) is 20.0 Å². The fourth-order valence-electron chi connectivity index (χ4n) is 1.95. The number of hydrogen-bond donors (Lipinski definition) is 3. The molecule has 1 aromatic carbocycles. The Bertz CT molecular complexity index is 879. The van der Waals surface area contributed by atoms with Gasteiger partial charge in [-0.05, 0) is 12.1 Å². The van der Waals surface area contributed by atoms with Crippen LogP contribution in [0.25, 0.3) is 10.9 Å². The van der Waals surface area contributed by atoms with E-state index in [0.717, 1.165) is 5.52 Å². The van der Waals surface area contributed by atoms with E-state index < -0.39 is 10.0 Å². The molecule has 0 saturated heterocycles. The molecule has 2 heterocycles. The molecule has 0 spiro atoms. The third kappa shape index (κ3) is 1.97. The number of hydrogen-bond acceptors (Lipinski definition) is 5. The number of nitrogens with two attached hydrogens (primary N) is 1. The summed E-state index contributed by atoms with van der Waals surface area (Å²) in [5.41, 5.74) is 6.77. The van der Waals surface area contributed by atoms with Gasteiger partial charge in [-0.1, -0.05) is 6.07 Å². The van der Waals surface area contributed by atoms with E-state index in [2.05, 4.69) is 20.0 Å². The van der Waals surface area contributed by atoms with E-state index in [9.17, 15) is 8.42 Å². The highest BCUT2D eigenvalue weighted by atomic mass is 32.2. The Balaban J connectivity index is 2.06. The van der Waals surface area contributed by atoms with Crippen LogP contribution in [0.3, 0.4) is 0 Å². The third-order valence-electron chi connectivity index (χ3n) is 2.84. The summed E-state index contributed by atoms with van der Waals surface area (Å²) in [5, 5.41) is 11.2. The molecule has 0 fully saturated rings. The first-order valence-corrected chi connectivity index (χ1v) is 7.20. The average Bonchev–Trinajstić information content (AvgIpc) is 2.96. The summed E-state index contributed by atoms with van der Waals surface area (Å²) < 4.78 is 28.5. The van der Waals surface area contributed by atoms with Gasteiger partial charge in [-0.3, -0.25) is 14.5 Å². The molecular weight excluding hydrogens is 280 g/mol. The minimum atomic E-state index is -3.79. The van der Waals surface area contributed by atoms with Crippen LogP contribution in [-0.4, -0.2) is 28.4 Å². The van der Waals surface area contributed by atoms with E-state index >= 15 is 0 Å². The van der Waals surface area contributed by atoms with Gasteiger partial charge in [0.25, 0.3) is 10.0 Å². The number of nitrogen functional groups attached to an aromatic ring is 1. The molecule has 8 nitrogen and oxygen atoms in total. The lowest BCUT2D eigenvalue weighted by atomic mass is 10.2. The van der Waals surface area contributed by atoms with Crippen LogP contribution in [0, 0.1) is 0 Å². The third-order valence-corrected chi connectivity index (χ3v) is 4.22. The molecule has 2 aromatic heterocycles. The van der Waals surface area contributed by atoms with Crippen LogP contribution in [0.1, 0.15) is 0 Å². The van der Waals surface area contributed by atoms with Gasteiger partial charge in [-0.15, -0.1) is 0 Å². The maximum absolute atomic E-state index is 12.3. The van der Waals surface area contributed by atoms with Crippen molar-refractivity contribution in [3.8, 4) is 0 Å². The van der Waals surface area contributed by atoms with Crippen LogP contribution >= 0.6 is 0 Å². The predicted molar refractivity (Wildman–Crippen MR) is 74.5 cm³/mol. The Morgan fingerprint density at radius 2 is 2.20 bits per heavy atom. The van der Waals surface area contributed by atoms with Gasteiger partial charge in [-0.25, -0.2) is 8.42 Å².